The molecule has 0 saturated carbocycles. The highest BCUT2D eigenvalue weighted by Gasteiger charge is 2.38. The van der Waals surface area contributed by atoms with Crippen molar-refractivity contribution in [1.29, 1.82) is 0 Å². The summed E-state index contributed by atoms with van der Waals surface area (Å²) in [4.78, 5) is 28.1. The van der Waals surface area contributed by atoms with Crippen molar-refractivity contribution >= 4 is 34.4 Å². The number of allylic oxidation sites excluding steroid dienone is 1. The number of rotatable bonds is 1. The Bertz CT molecular complexity index is 839. The van der Waals surface area contributed by atoms with Crippen molar-refractivity contribution in [2.45, 2.75) is 32.2 Å². The number of carbonyl (C=O) groups is 2. The van der Waals surface area contributed by atoms with E-state index in [9.17, 15) is 9.59 Å². The first kappa shape index (κ1) is 15.1. The molecule has 1 aliphatic heterocycles. The molecule has 0 fully saturated rings. The van der Waals surface area contributed by atoms with Crippen molar-refractivity contribution in [2.24, 2.45) is 0 Å². The van der Waals surface area contributed by atoms with E-state index in [4.69, 9.17) is 0 Å². The van der Waals surface area contributed by atoms with Crippen molar-refractivity contribution in [3.63, 3.8) is 0 Å². The van der Waals surface area contributed by atoms with Crippen LogP contribution in [-0.2, 0) is 9.59 Å². The van der Waals surface area contributed by atoms with Crippen LogP contribution in [0.5, 0.6) is 0 Å². The van der Waals surface area contributed by atoms with Gasteiger partial charge in [0.05, 0.1) is 11.4 Å². The molecule has 1 atom stereocenters. The first-order chi connectivity index (χ1) is 11.7. The Labute approximate surface area is 144 Å². The van der Waals surface area contributed by atoms with Crippen LogP contribution in [0.3, 0.4) is 0 Å². The standard InChI is InChI=1S/C19H18N2O2S/c1-12(22)21-15-8-3-2-6-13(15)20-14-7-4-9-16(23)18(14)19(21)17-10-5-11-24-17/h2-3,5-6,8,10-11,19-20H,4,7,9H2,1H3/t19-/m0/s1. The lowest BCUT2D eigenvalue weighted by molar-refractivity contribution is -0.117. The minimum atomic E-state index is -0.346. The molecule has 122 valence electrons. The Hall–Kier alpha value is -2.40. The quantitative estimate of drug-likeness (QED) is 0.844. The normalized spacial score (nSPS) is 20.1. The fourth-order valence-corrected chi connectivity index (χ4v) is 4.42. The summed E-state index contributed by atoms with van der Waals surface area (Å²) in [7, 11) is 0. The average Bonchev–Trinajstić information content (AvgIpc) is 3.03. The van der Waals surface area contributed by atoms with Gasteiger partial charge < -0.3 is 5.32 Å². The van der Waals surface area contributed by atoms with Gasteiger partial charge in [0.25, 0.3) is 0 Å². The van der Waals surface area contributed by atoms with Gasteiger partial charge in [-0.2, -0.15) is 0 Å². The molecule has 24 heavy (non-hydrogen) atoms. The molecule has 0 radical (unpaired) electrons. The van der Waals surface area contributed by atoms with E-state index in [1.807, 2.05) is 41.8 Å². The summed E-state index contributed by atoms with van der Waals surface area (Å²) in [5.41, 5.74) is 3.41. The summed E-state index contributed by atoms with van der Waals surface area (Å²) in [6.07, 6.45) is 2.23. The third kappa shape index (κ3) is 2.36. The number of amides is 1. The van der Waals surface area contributed by atoms with Gasteiger partial charge in [0.15, 0.2) is 5.78 Å². The third-order valence-electron chi connectivity index (χ3n) is 4.59. The maximum absolute atomic E-state index is 12.8. The predicted molar refractivity (Wildman–Crippen MR) is 96.2 cm³/mol. The summed E-state index contributed by atoms with van der Waals surface area (Å²) in [6.45, 7) is 1.57. The Morgan fingerprint density at radius 2 is 2.04 bits per heavy atom. The van der Waals surface area contributed by atoms with Gasteiger partial charge in [-0.15, -0.1) is 11.3 Å². The van der Waals surface area contributed by atoms with E-state index in [0.717, 1.165) is 40.4 Å². The van der Waals surface area contributed by atoms with Crippen molar-refractivity contribution in [3.05, 3.63) is 57.9 Å². The molecule has 2 aliphatic rings. The number of ketones is 1. The predicted octanol–water partition coefficient (Wildman–Crippen LogP) is 4.27. The van der Waals surface area contributed by atoms with Crippen LogP contribution in [0.2, 0.25) is 0 Å². The molecule has 0 bridgehead atoms. The SMILES string of the molecule is CC(=O)N1c2ccccc2NC2=C(C(=O)CCC2)[C@@H]1c1cccs1. The highest BCUT2D eigenvalue weighted by molar-refractivity contribution is 7.10. The topological polar surface area (TPSA) is 49.4 Å². The van der Waals surface area contributed by atoms with Gasteiger partial charge in [-0.25, -0.2) is 0 Å². The molecule has 4 nitrogen and oxygen atoms in total. The van der Waals surface area contributed by atoms with Gasteiger partial charge in [0.2, 0.25) is 5.91 Å². The van der Waals surface area contributed by atoms with Gasteiger partial charge in [-0.3, -0.25) is 14.5 Å². The number of thiophene rings is 1. The fraction of sp³-hybridized carbons (Fsp3) is 0.263. The lowest BCUT2D eigenvalue weighted by atomic mass is 9.88. The molecule has 0 spiro atoms. The summed E-state index contributed by atoms with van der Waals surface area (Å²) in [5, 5.41) is 5.43. The Morgan fingerprint density at radius 3 is 2.79 bits per heavy atom. The van der Waals surface area contributed by atoms with Crippen molar-refractivity contribution < 1.29 is 9.59 Å². The summed E-state index contributed by atoms with van der Waals surface area (Å²) < 4.78 is 0. The Balaban J connectivity index is 2.00. The van der Waals surface area contributed by atoms with Gasteiger partial charge >= 0.3 is 0 Å². The monoisotopic (exact) mass is 338 g/mol. The van der Waals surface area contributed by atoms with Crippen LogP contribution in [0.1, 0.15) is 37.1 Å². The van der Waals surface area contributed by atoms with Gasteiger partial charge in [-0.1, -0.05) is 18.2 Å². The Kier molecular flexibility index (Phi) is 3.73. The van der Waals surface area contributed by atoms with E-state index >= 15 is 0 Å². The number of benzene rings is 1. The molecule has 0 saturated heterocycles. The molecular formula is C19H18N2O2S. The second-order valence-corrected chi connectivity index (χ2v) is 7.10. The molecule has 2 heterocycles. The smallest absolute Gasteiger partial charge is 0.224 e. The van der Waals surface area contributed by atoms with Crippen LogP contribution >= 0.6 is 11.3 Å². The highest BCUT2D eigenvalue weighted by Crippen LogP contribution is 2.45. The van der Waals surface area contributed by atoms with Crippen LogP contribution in [0.4, 0.5) is 11.4 Å². The van der Waals surface area contributed by atoms with Gasteiger partial charge in [-0.05, 0) is 36.4 Å². The van der Waals surface area contributed by atoms with E-state index in [0.29, 0.717) is 6.42 Å². The molecule has 1 amide bonds. The molecular weight excluding hydrogens is 320 g/mol. The maximum atomic E-state index is 12.8. The first-order valence-corrected chi connectivity index (χ1v) is 9.00. The fourth-order valence-electron chi connectivity index (χ4n) is 3.60. The van der Waals surface area contributed by atoms with Crippen molar-refractivity contribution in [2.75, 3.05) is 10.2 Å². The van der Waals surface area contributed by atoms with E-state index in [2.05, 4.69) is 5.32 Å². The van der Waals surface area contributed by atoms with E-state index in [-0.39, 0.29) is 17.7 Å². The summed E-state index contributed by atoms with van der Waals surface area (Å²) in [6, 6.07) is 11.4. The molecule has 1 aromatic carbocycles. The molecule has 5 heteroatoms. The van der Waals surface area contributed by atoms with Crippen LogP contribution < -0.4 is 10.2 Å². The molecule has 0 unspecified atom stereocenters. The van der Waals surface area contributed by atoms with Gasteiger partial charge in [0, 0.05) is 29.5 Å². The third-order valence-corrected chi connectivity index (χ3v) is 5.51. The molecule has 1 aliphatic carbocycles. The number of para-hydroxylation sites is 2. The van der Waals surface area contributed by atoms with Gasteiger partial charge in [0.1, 0.15) is 6.04 Å². The molecule has 2 aromatic rings. The van der Waals surface area contributed by atoms with Crippen molar-refractivity contribution in [1.82, 2.24) is 0 Å². The molecule has 4 rings (SSSR count). The minimum absolute atomic E-state index is 0.0604. The van der Waals surface area contributed by atoms with Crippen LogP contribution in [0, 0.1) is 0 Å². The number of hydrogen-bond acceptors (Lipinski definition) is 4. The number of nitrogens with one attached hydrogen (secondary N) is 1. The van der Waals surface area contributed by atoms with Crippen LogP contribution in [0.25, 0.3) is 0 Å². The number of carbonyl (C=O) groups excluding carboxylic acids is 2. The zero-order chi connectivity index (χ0) is 16.7. The largest absolute Gasteiger partial charge is 0.357 e. The minimum Gasteiger partial charge on any atom is -0.357 e. The molecule has 1 aromatic heterocycles. The second-order valence-electron chi connectivity index (χ2n) is 6.12. The number of hydrogen-bond donors (Lipinski definition) is 1. The molecule has 1 N–H and O–H groups in total. The maximum Gasteiger partial charge on any atom is 0.224 e. The average molecular weight is 338 g/mol. The highest BCUT2D eigenvalue weighted by atomic mass is 32.1. The zero-order valence-electron chi connectivity index (χ0n) is 13.4. The zero-order valence-corrected chi connectivity index (χ0v) is 14.2. The van der Waals surface area contributed by atoms with E-state index in [1.54, 1.807) is 23.2 Å². The van der Waals surface area contributed by atoms with Crippen LogP contribution in [-0.4, -0.2) is 11.7 Å². The van der Waals surface area contributed by atoms with E-state index in [1.165, 1.54) is 0 Å². The number of Topliss-reactive ketones (excluding diaryl/α,β-unsaturated/α-hetero) is 1. The number of nitrogens with zero attached hydrogens (tertiary/aromatic N) is 1. The lowest BCUT2D eigenvalue weighted by Crippen LogP contribution is -2.36. The first-order valence-electron chi connectivity index (χ1n) is 8.12. The number of anilines is 2. The lowest BCUT2D eigenvalue weighted by Gasteiger charge is -2.32. The van der Waals surface area contributed by atoms with Crippen LogP contribution in [0.15, 0.2) is 53.0 Å². The summed E-state index contributed by atoms with van der Waals surface area (Å²) >= 11 is 1.58. The Morgan fingerprint density at radius 1 is 1.21 bits per heavy atom. The van der Waals surface area contributed by atoms with E-state index < -0.39 is 0 Å². The number of fused-ring (bicyclic) bond motifs is 1. The van der Waals surface area contributed by atoms with Crippen molar-refractivity contribution in [3.8, 4) is 0 Å². The summed E-state index contributed by atoms with van der Waals surface area (Å²) in [5.74, 6) is 0.0796. The second kappa shape index (κ2) is 5.91.